The maximum absolute atomic E-state index is 13.2. The van der Waals surface area contributed by atoms with Gasteiger partial charge < -0.3 is 9.88 Å². The molecule has 0 aliphatic heterocycles. The molecule has 0 saturated heterocycles. The van der Waals surface area contributed by atoms with Gasteiger partial charge in [0.2, 0.25) is 0 Å². The van der Waals surface area contributed by atoms with E-state index in [0.29, 0.717) is 23.0 Å². The van der Waals surface area contributed by atoms with Gasteiger partial charge in [-0.15, -0.1) is 0 Å². The van der Waals surface area contributed by atoms with Crippen molar-refractivity contribution < 1.29 is 9.18 Å². The molecule has 0 spiro atoms. The first kappa shape index (κ1) is 18.8. The smallest absolute Gasteiger partial charge is 0.275 e. The SMILES string of the molecule is O=C(Nc1ccncc1)c1cn(-c2ccc(Cl)cc2)c(Cc2ccc(F)cc2)n1. The van der Waals surface area contributed by atoms with Gasteiger partial charge in [0.25, 0.3) is 5.91 Å². The Morgan fingerprint density at radius 2 is 1.69 bits per heavy atom. The molecule has 1 N–H and O–H groups in total. The highest BCUT2D eigenvalue weighted by atomic mass is 35.5. The van der Waals surface area contributed by atoms with Gasteiger partial charge in [0.05, 0.1) is 0 Å². The zero-order valence-electron chi connectivity index (χ0n) is 15.2. The topological polar surface area (TPSA) is 59.8 Å². The van der Waals surface area contributed by atoms with E-state index in [1.165, 1.54) is 12.1 Å². The largest absolute Gasteiger partial charge is 0.320 e. The van der Waals surface area contributed by atoms with Crippen LogP contribution in [0.15, 0.2) is 79.3 Å². The first-order chi connectivity index (χ1) is 14.1. The summed E-state index contributed by atoms with van der Waals surface area (Å²) in [6.45, 7) is 0. The second-order valence-electron chi connectivity index (χ2n) is 6.38. The Morgan fingerprint density at radius 1 is 1.00 bits per heavy atom. The molecule has 2 aromatic heterocycles. The minimum Gasteiger partial charge on any atom is -0.320 e. The first-order valence-corrected chi connectivity index (χ1v) is 9.26. The number of amides is 1. The molecule has 1 amide bonds. The van der Waals surface area contributed by atoms with E-state index >= 15 is 0 Å². The van der Waals surface area contributed by atoms with Gasteiger partial charge in [-0.1, -0.05) is 23.7 Å². The van der Waals surface area contributed by atoms with E-state index in [-0.39, 0.29) is 17.4 Å². The lowest BCUT2D eigenvalue weighted by molar-refractivity contribution is 0.102. The van der Waals surface area contributed by atoms with Crippen LogP contribution in [0.3, 0.4) is 0 Å². The average Bonchev–Trinajstić information content (AvgIpc) is 3.15. The number of carbonyl (C=O) groups excluding carboxylic acids is 1. The highest BCUT2D eigenvalue weighted by molar-refractivity contribution is 6.30. The molecule has 7 heteroatoms. The van der Waals surface area contributed by atoms with E-state index in [2.05, 4.69) is 15.3 Å². The maximum Gasteiger partial charge on any atom is 0.275 e. The van der Waals surface area contributed by atoms with Crippen molar-refractivity contribution in [3.05, 3.63) is 107 Å². The summed E-state index contributed by atoms with van der Waals surface area (Å²) in [6.07, 6.45) is 5.31. The van der Waals surface area contributed by atoms with E-state index in [0.717, 1.165) is 11.3 Å². The lowest BCUT2D eigenvalue weighted by Gasteiger charge is -2.08. The highest BCUT2D eigenvalue weighted by Crippen LogP contribution is 2.19. The van der Waals surface area contributed by atoms with Crippen LogP contribution in [-0.4, -0.2) is 20.4 Å². The molecule has 29 heavy (non-hydrogen) atoms. The maximum atomic E-state index is 13.2. The van der Waals surface area contributed by atoms with Crippen molar-refractivity contribution in [3.8, 4) is 5.69 Å². The Hall–Kier alpha value is -3.51. The van der Waals surface area contributed by atoms with Crippen LogP contribution in [0.25, 0.3) is 5.69 Å². The molecule has 0 aliphatic rings. The van der Waals surface area contributed by atoms with Crippen molar-refractivity contribution in [2.75, 3.05) is 5.32 Å². The number of aromatic nitrogens is 3. The Balaban J connectivity index is 1.68. The number of rotatable bonds is 5. The Kier molecular flexibility index (Phi) is 5.35. The Labute approximate surface area is 171 Å². The summed E-state index contributed by atoms with van der Waals surface area (Å²) in [5.41, 5.74) is 2.61. The summed E-state index contributed by atoms with van der Waals surface area (Å²) < 4.78 is 15.1. The fourth-order valence-corrected chi connectivity index (χ4v) is 3.02. The van der Waals surface area contributed by atoms with Crippen LogP contribution in [0, 0.1) is 5.82 Å². The summed E-state index contributed by atoms with van der Waals surface area (Å²) in [6, 6.07) is 16.9. The van der Waals surface area contributed by atoms with Crippen molar-refractivity contribution in [3.63, 3.8) is 0 Å². The zero-order chi connectivity index (χ0) is 20.2. The van der Waals surface area contributed by atoms with Gasteiger partial charge in [-0.3, -0.25) is 9.78 Å². The van der Waals surface area contributed by atoms with Gasteiger partial charge in [0, 0.05) is 41.4 Å². The molecule has 0 atom stereocenters. The summed E-state index contributed by atoms with van der Waals surface area (Å²) in [7, 11) is 0. The second kappa shape index (κ2) is 8.24. The number of hydrogen-bond donors (Lipinski definition) is 1. The quantitative estimate of drug-likeness (QED) is 0.512. The summed E-state index contributed by atoms with van der Waals surface area (Å²) in [5, 5.41) is 3.42. The highest BCUT2D eigenvalue weighted by Gasteiger charge is 2.16. The molecule has 2 aromatic carbocycles. The van der Waals surface area contributed by atoms with Gasteiger partial charge in [-0.05, 0) is 54.1 Å². The fraction of sp³-hybridized carbons (Fsp3) is 0.0455. The van der Waals surface area contributed by atoms with Gasteiger partial charge in [0.1, 0.15) is 17.3 Å². The molecular weight excluding hydrogens is 391 g/mol. The van der Waals surface area contributed by atoms with Crippen molar-refractivity contribution in [1.29, 1.82) is 0 Å². The number of pyridine rings is 1. The van der Waals surface area contributed by atoms with Crippen molar-refractivity contribution >= 4 is 23.2 Å². The Morgan fingerprint density at radius 3 is 2.38 bits per heavy atom. The van der Waals surface area contributed by atoms with Crippen molar-refractivity contribution in [2.24, 2.45) is 0 Å². The molecular formula is C22H16ClFN4O. The number of benzene rings is 2. The molecule has 2 heterocycles. The predicted octanol–water partition coefficient (Wildman–Crippen LogP) is 4.90. The third kappa shape index (κ3) is 4.50. The van der Waals surface area contributed by atoms with Crippen LogP contribution >= 0.6 is 11.6 Å². The second-order valence-corrected chi connectivity index (χ2v) is 6.82. The summed E-state index contributed by atoms with van der Waals surface area (Å²) in [5.74, 6) is 0.0234. The molecule has 4 rings (SSSR count). The molecule has 0 aliphatic carbocycles. The van der Waals surface area contributed by atoms with Crippen molar-refractivity contribution in [1.82, 2.24) is 14.5 Å². The molecule has 5 nitrogen and oxygen atoms in total. The van der Waals surface area contributed by atoms with E-state index < -0.39 is 0 Å². The minimum absolute atomic E-state index is 0.272. The third-order valence-corrected chi connectivity index (χ3v) is 4.58. The molecule has 0 bridgehead atoms. The third-order valence-electron chi connectivity index (χ3n) is 4.33. The number of hydrogen-bond acceptors (Lipinski definition) is 3. The Bertz CT molecular complexity index is 1130. The van der Waals surface area contributed by atoms with Crippen LogP contribution in [0.4, 0.5) is 10.1 Å². The number of nitrogens with one attached hydrogen (secondary N) is 1. The van der Waals surface area contributed by atoms with E-state index in [1.54, 1.807) is 55.0 Å². The average molecular weight is 407 g/mol. The first-order valence-electron chi connectivity index (χ1n) is 8.88. The molecule has 144 valence electrons. The molecule has 0 saturated carbocycles. The number of carbonyl (C=O) groups is 1. The van der Waals surface area contributed by atoms with Crippen LogP contribution in [0.2, 0.25) is 5.02 Å². The van der Waals surface area contributed by atoms with Crippen LogP contribution in [0.5, 0.6) is 0 Å². The van der Waals surface area contributed by atoms with Gasteiger partial charge in [0.15, 0.2) is 0 Å². The zero-order valence-corrected chi connectivity index (χ0v) is 16.0. The van der Waals surface area contributed by atoms with Crippen LogP contribution < -0.4 is 5.32 Å². The minimum atomic E-state index is -0.329. The molecule has 0 fully saturated rings. The fourth-order valence-electron chi connectivity index (χ4n) is 2.89. The molecule has 0 unspecified atom stereocenters. The van der Waals surface area contributed by atoms with E-state index in [4.69, 9.17) is 11.6 Å². The normalized spacial score (nSPS) is 10.7. The van der Waals surface area contributed by atoms with Crippen LogP contribution in [0.1, 0.15) is 21.9 Å². The lowest BCUT2D eigenvalue weighted by Crippen LogP contribution is -2.12. The summed E-state index contributed by atoms with van der Waals surface area (Å²) >= 11 is 6.00. The number of imidazole rings is 1. The molecule has 0 radical (unpaired) electrons. The standard InChI is InChI=1S/C22H16ClFN4O/c23-16-3-7-19(8-4-16)28-14-20(22(29)26-18-9-11-25-12-10-18)27-21(28)13-15-1-5-17(24)6-2-15/h1-12,14H,13H2,(H,25,26,29). The number of nitrogens with zero attached hydrogens (tertiary/aromatic N) is 3. The van der Waals surface area contributed by atoms with Crippen LogP contribution in [-0.2, 0) is 6.42 Å². The van der Waals surface area contributed by atoms with E-state index in [9.17, 15) is 9.18 Å². The lowest BCUT2D eigenvalue weighted by atomic mass is 10.1. The van der Waals surface area contributed by atoms with Crippen molar-refractivity contribution in [2.45, 2.75) is 6.42 Å². The predicted molar refractivity (Wildman–Crippen MR) is 110 cm³/mol. The number of halogens is 2. The molecule has 4 aromatic rings. The number of anilines is 1. The van der Waals surface area contributed by atoms with Gasteiger partial charge in [-0.2, -0.15) is 0 Å². The monoisotopic (exact) mass is 406 g/mol. The summed E-state index contributed by atoms with van der Waals surface area (Å²) in [4.78, 5) is 21.2. The van der Waals surface area contributed by atoms with E-state index in [1.807, 2.05) is 16.7 Å². The van der Waals surface area contributed by atoms with Gasteiger partial charge >= 0.3 is 0 Å². The van der Waals surface area contributed by atoms with Gasteiger partial charge in [-0.25, -0.2) is 9.37 Å².